The number of nitrogens with one attached hydrogen (secondary N) is 1. The number of aromatic nitrogens is 1. The third-order valence-electron chi connectivity index (χ3n) is 7.55. The minimum Gasteiger partial charge on any atom is -0.401 e. The largest absolute Gasteiger partial charge is 0.401 e. The number of likely N-dealkylation sites (tertiary alicyclic amines) is 1. The smallest absolute Gasteiger partial charge is 0.111 e. The van der Waals surface area contributed by atoms with Crippen LogP contribution in [-0.2, 0) is 0 Å². The van der Waals surface area contributed by atoms with Crippen molar-refractivity contribution in [2.24, 2.45) is 15.7 Å². The van der Waals surface area contributed by atoms with Crippen LogP contribution in [0.15, 0.2) is 58.2 Å². The van der Waals surface area contributed by atoms with Crippen molar-refractivity contribution in [3.05, 3.63) is 65.0 Å². The Balaban J connectivity index is 1.47. The normalized spacial score (nSPS) is 24.8. The molecule has 0 saturated carbocycles. The van der Waals surface area contributed by atoms with Gasteiger partial charge in [0, 0.05) is 28.8 Å². The number of allylic oxidation sites excluding steroid dienone is 3. The Morgan fingerprint density at radius 3 is 2.76 bits per heavy atom. The van der Waals surface area contributed by atoms with E-state index in [1.54, 1.807) is 6.34 Å². The lowest BCUT2D eigenvalue weighted by atomic mass is 9.87. The molecule has 1 atom stereocenters. The van der Waals surface area contributed by atoms with Crippen molar-refractivity contribution in [1.29, 1.82) is 0 Å². The third kappa shape index (κ3) is 4.41. The van der Waals surface area contributed by atoms with Gasteiger partial charge in [0.1, 0.15) is 6.34 Å². The van der Waals surface area contributed by atoms with Crippen LogP contribution in [0.25, 0.3) is 16.5 Å². The van der Waals surface area contributed by atoms with Crippen LogP contribution in [0.3, 0.4) is 0 Å². The van der Waals surface area contributed by atoms with Crippen LogP contribution in [0.1, 0.15) is 75.1 Å². The summed E-state index contributed by atoms with van der Waals surface area (Å²) in [6.07, 6.45) is 10.8. The number of nitrogens with two attached hydrogens (primary N) is 1. The highest BCUT2D eigenvalue weighted by Gasteiger charge is 2.25. The van der Waals surface area contributed by atoms with Gasteiger partial charge in [0.2, 0.25) is 0 Å². The Kier molecular flexibility index (Phi) is 6.30. The van der Waals surface area contributed by atoms with Gasteiger partial charge in [-0.1, -0.05) is 32.6 Å². The molecule has 5 heteroatoms. The molecule has 0 radical (unpaired) electrons. The second-order valence-electron chi connectivity index (χ2n) is 10.4. The third-order valence-corrected chi connectivity index (χ3v) is 7.55. The minimum absolute atomic E-state index is 0.221. The van der Waals surface area contributed by atoms with Crippen LogP contribution in [0, 0.1) is 0 Å². The molecular formula is C29H37N5. The molecule has 5 rings (SSSR count). The minimum atomic E-state index is 0.221. The van der Waals surface area contributed by atoms with Gasteiger partial charge in [0.15, 0.2) is 0 Å². The van der Waals surface area contributed by atoms with E-state index in [0.717, 1.165) is 43.9 Å². The summed E-state index contributed by atoms with van der Waals surface area (Å²) in [6, 6.07) is 7.30. The van der Waals surface area contributed by atoms with E-state index < -0.39 is 0 Å². The van der Waals surface area contributed by atoms with E-state index >= 15 is 0 Å². The van der Waals surface area contributed by atoms with Crippen LogP contribution >= 0.6 is 0 Å². The Labute approximate surface area is 203 Å². The van der Waals surface area contributed by atoms with Crippen LogP contribution in [0.5, 0.6) is 0 Å². The zero-order valence-corrected chi connectivity index (χ0v) is 20.8. The van der Waals surface area contributed by atoms with E-state index in [1.807, 2.05) is 0 Å². The number of aromatic amines is 1. The Bertz CT molecular complexity index is 1210. The molecular weight excluding hydrogens is 418 g/mol. The SMILES string of the molecule is C=C(N)CN1CCC(c2ccc3[nH]c(C4=C/CCC5N=CN=C5/C(C)=C\4)c(C(C)C)c3c2)CC1. The highest BCUT2D eigenvalue weighted by Crippen LogP contribution is 2.38. The molecule has 0 bridgehead atoms. The van der Waals surface area contributed by atoms with E-state index in [0.29, 0.717) is 11.8 Å². The monoisotopic (exact) mass is 455 g/mol. The molecule has 1 aromatic carbocycles. The lowest BCUT2D eigenvalue weighted by Gasteiger charge is -2.32. The maximum atomic E-state index is 5.83. The van der Waals surface area contributed by atoms with Gasteiger partial charge in [0.05, 0.1) is 11.8 Å². The highest BCUT2D eigenvalue weighted by atomic mass is 15.1. The number of hydrogen-bond acceptors (Lipinski definition) is 4. The van der Waals surface area contributed by atoms with Gasteiger partial charge >= 0.3 is 0 Å². The van der Waals surface area contributed by atoms with Gasteiger partial charge in [0.25, 0.3) is 0 Å². The summed E-state index contributed by atoms with van der Waals surface area (Å²) in [5, 5.41) is 1.37. The van der Waals surface area contributed by atoms with Crippen molar-refractivity contribution in [2.45, 2.75) is 64.3 Å². The zero-order chi connectivity index (χ0) is 23.8. The predicted molar refractivity (Wildman–Crippen MR) is 145 cm³/mol. The lowest BCUT2D eigenvalue weighted by molar-refractivity contribution is 0.228. The first-order chi connectivity index (χ1) is 16.4. The quantitative estimate of drug-likeness (QED) is 0.588. The number of fused-ring (bicyclic) bond motifs is 2. The molecule has 0 spiro atoms. The molecule has 34 heavy (non-hydrogen) atoms. The topological polar surface area (TPSA) is 69.8 Å². The molecule has 178 valence electrons. The highest BCUT2D eigenvalue weighted by molar-refractivity contribution is 6.11. The van der Waals surface area contributed by atoms with Crippen molar-refractivity contribution < 1.29 is 0 Å². The van der Waals surface area contributed by atoms with Crippen molar-refractivity contribution in [3.63, 3.8) is 0 Å². The number of rotatable bonds is 5. The van der Waals surface area contributed by atoms with Crippen molar-refractivity contribution >= 4 is 28.5 Å². The lowest BCUT2D eigenvalue weighted by Crippen LogP contribution is -2.35. The molecule has 3 heterocycles. The molecule has 3 N–H and O–H groups in total. The molecule has 1 unspecified atom stereocenters. The van der Waals surface area contributed by atoms with Gasteiger partial charge in [-0.3, -0.25) is 9.89 Å². The number of nitrogens with zero attached hydrogens (tertiary/aromatic N) is 3. The zero-order valence-electron chi connectivity index (χ0n) is 20.8. The summed E-state index contributed by atoms with van der Waals surface area (Å²) < 4.78 is 0. The van der Waals surface area contributed by atoms with Gasteiger partial charge in [-0.15, -0.1) is 0 Å². The number of benzene rings is 1. The second kappa shape index (κ2) is 9.38. The molecule has 0 amide bonds. The summed E-state index contributed by atoms with van der Waals surface area (Å²) >= 11 is 0. The molecule has 3 aliphatic rings. The first-order valence-corrected chi connectivity index (χ1v) is 12.7. The fourth-order valence-electron chi connectivity index (χ4n) is 5.87. The number of H-pyrrole nitrogens is 1. The summed E-state index contributed by atoms with van der Waals surface area (Å²) in [4.78, 5) is 15.3. The number of piperidine rings is 1. The molecule has 1 fully saturated rings. The standard InChI is InChI=1S/C29H37N5/c1-18(2)27-24-15-22(21-10-12-34(13-11-21)16-20(4)30)8-9-25(24)33-29(27)23-6-5-7-26-28(19(3)14-23)32-17-31-26/h6,8-9,14-15,17-18,21,26,33H,4-5,7,10-13,16,30H2,1-3H3/b19-14-,23-6+. The van der Waals surface area contributed by atoms with E-state index in [2.05, 4.69) is 77.6 Å². The fourth-order valence-corrected chi connectivity index (χ4v) is 5.87. The van der Waals surface area contributed by atoms with Gasteiger partial charge < -0.3 is 10.7 Å². The molecule has 2 aromatic rings. The average Bonchev–Trinajstić information content (AvgIpc) is 3.41. The second-order valence-corrected chi connectivity index (χ2v) is 10.4. The molecule has 1 aromatic heterocycles. The van der Waals surface area contributed by atoms with E-state index in [4.69, 9.17) is 5.73 Å². The predicted octanol–water partition coefficient (Wildman–Crippen LogP) is 5.92. The van der Waals surface area contributed by atoms with Crippen molar-refractivity contribution in [3.8, 4) is 0 Å². The molecule has 1 aliphatic carbocycles. The van der Waals surface area contributed by atoms with Gasteiger partial charge in [-0.2, -0.15) is 0 Å². The fraction of sp³-hybridized carbons (Fsp3) is 0.448. The van der Waals surface area contributed by atoms with Crippen LogP contribution < -0.4 is 5.73 Å². The van der Waals surface area contributed by atoms with Crippen molar-refractivity contribution in [1.82, 2.24) is 9.88 Å². The molecule has 2 aliphatic heterocycles. The van der Waals surface area contributed by atoms with Crippen LogP contribution in [-0.4, -0.2) is 47.6 Å². The Morgan fingerprint density at radius 1 is 1.24 bits per heavy atom. The maximum absolute atomic E-state index is 5.83. The van der Waals surface area contributed by atoms with E-state index in [9.17, 15) is 0 Å². The van der Waals surface area contributed by atoms with Crippen molar-refractivity contribution in [2.75, 3.05) is 19.6 Å². The van der Waals surface area contributed by atoms with Crippen LogP contribution in [0.2, 0.25) is 0 Å². The summed E-state index contributed by atoms with van der Waals surface area (Å²) in [6.45, 7) is 13.6. The van der Waals surface area contributed by atoms with E-state index in [-0.39, 0.29) is 6.04 Å². The molecule has 5 nitrogen and oxygen atoms in total. The Morgan fingerprint density at radius 2 is 2.03 bits per heavy atom. The summed E-state index contributed by atoms with van der Waals surface area (Å²) in [5.41, 5.74) is 15.6. The van der Waals surface area contributed by atoms with E-state index in [1.165, 1.54) is 51.7 Å². The summed E-state index contributed by atoms with van der Waals surface area (Å²) in [5.74, 6) is 1.03. The first-order valence-electron chi connectivity index (χ1n) is 12.7. The Hall–Kier alpha value is -2.92. The number of hydrogen-bond donors (Lipinski definition) is 2. The molecule has 1 saturated heterocycles. The average molecular weight is 456 g/mol. The number of aliphatic imine (C=N–C) groups is 2. The van der Waals surface area contributed by atoms with Gasteiger partial charge in [-0.25, -0.2) is 4.99 Å². The summed E-state index contributed by atoms with van der Waals surface area (Å²) in [7, 11) is 0. The van der Waals surface area contributed by atoms with Gasteiger partial charge in [-0.05, 0) is 98.0 Å². The first kappa shape index (κ1) is 22.9. The van der Waals surface area contributed by atoms with Crippen LogP contribution in [0.4, 0.5) is 0 Å². The maximum Gasteiger partial charge on any atom is 0.111 e.